The Morgan fingerprint density at radius 2 is 2.00 bits per heavy atom. The third-order valence-corrected chi connectivity index (χ3v) is 3.69. The molecule has 0 aliphatic heterocycles. The summed E-state index contributed by atoms with van der Waals surface area (Å²) in [6.07, 6.45) is -0.495. The molecule has 0 fully saturated rings. The van der Waals surface area contributed by atoms with Crippen LogP contribution >= 0.6 is 10.8 Å². The Balaban J connectivity index is 4.54. The first-order valence-electron chi connectivity index (χ1n) is 3.71. The van der Waals surface area contributed by atoms with E-state index < -0.39 is 22.1 Å². The molecule has 0 heterocycles. The Morgan fingerprint density at radius 3 is 2.23 bits per heavy atom. The van der Waals surface area contributed by atoms with Gasteiger partial charge >= 0.3 is 0 Å². The Kier molecular flexibility index (Phi) is 4.72. The molecule has 5 nitrogen and oxygen atoms in total. The number of hydrogen-bond acceptors (Lipinski definition) is 5. The third kappa shape index (κ3) is 3.17. The van der Waals surface area contributed by atoms with Crippen LogP contribution in [-0.2, 0) is 8.92 Å². The van der Waals surface area contributed by atoms with Crippen LogP contribution < -0.4 is 10.9 Å². The monoisotopic (exact) mass is 210 g/mol. The van der Waals surface area contributed by atoms with E-state index in [0.717, 1.165) is 0 Å². The van der Waals surface area contributed by atoms with E-state index in [0.29, 0.717) is 5.70 Å². The van der Waals surface area contributed by atoms with E-state index in [4.69, 9.17) is 19.8 Å². The maximum atomic E-state index is 9.60. The molecule has 0 saturated heterocycles. The molecule has 0 radical (unpaired) electrons. The van der Waals surface area contributed by atoms with Crippen molar-refractivity contribution in [1.82, 2.24) is 0 Å². The zero-order chi connectivity index (χ0) is 10.6. The first kappa shape index (κ1) is 12.7. The fourth-order valence-electron chi connectivity index (χ4n) is 0.973. The molecule has 0 bridgehead atoms. The van der Waals surface area contributed by atoms with E-state index >= 15 is 0 Å². The number of hydrogen-bond donors (Lipinski definition) is 3. The van der Waals surface area contributed by atoms with E-state index in [1.165, 1.54) is 14.2 Å². The molecule has 13 heavy (non-hydrogen) atoms. The van der Waals surface area contributed by atoms with Crippen molar-refractivity contribution < 1.29 is 13.5 Å². The van der Waals surface area contributed by atoms with Crippen LogP contribution in [-0.4, -0.2) is 30.1 Å². The SMILES string of the molecule is C=C(N)C(OC)C(C)S(N)(O)OC. The van der Waals surface area contributed by atoms with E-state index in [-0.39, 0.29) is 0 Å². The number of nitrogens with two attached hydrogens (primary N) is 2. The van der Waals surface area contributed by atoms with Crippen LogP contribution in [0.1, 0.15) is 6.92 Å². The summed E-state index contributed by atoms with van der Waals surface area (Å²) in [5.74, 6) is 0. The van der Waals surface area contributed by atoms with Crippen LogP contribution in [0, 0.1) is 0 Å². The van der Waals surface area contributed by atoms with Crippen LogP contribution in [0.3, 0.4) is 0 Å². The molecular formula is C7H18N2O3S. The van der Waals surface area contributed by atoms with Gasteiger partial charge in [-0.3, -0.25) is 8.74 Å². The number of methoxy groups -OCH3 is 1. The second-order valence-corrected chi connectivity index (χ2v) is 5.02. The van der Waals surface area contributed by atoms with E-state index in [2.05, 4.69) is 6.58 Å². The van der Waals surface area contributed by atoms with Crippen LogP contribution in [0.2, 0.25) is 0 Å². The highest BCUT2D eigenvalue weighted by atomic mass is 32.3. The van der Waals surface area contributed by atoms with Crippen LogP contribution in [0.4, 0.5) is 0 Å². The molecule has 0 saturated carbocycles. The molecule has 0 amide bonds. The smallest absolute Gasteiger partial charge is 0.117 e. The molecule has 0 aromatic rings. The minimum Gasteiger partial charge on any atom is -0.400 e. The molecule has 0 spiro atoms. The van der Waals surface area contributed by atoms with Crippen molar-refractivity contribution >= 4 is 10.8 Å². The van der Waals surface area contributed by atoms with Gasteiger partial charge in [-0.25, -0.2) is 5.14 Å². The second-order valence-electron chi connectivity index (χ2n) is 2.72. The van der Waals surface area contributed by atoms with Crippen molar-refractivity contribution in [2.24, 2.45) is 10.9 Å². The van der Waals surface area contributed by atoms with Crippen molar-refractivity contribution in [3.05, 3.63) is 12.3 Å². The molecule has 3 atom stereocenters. The van der Waals surface area contributed by atoms with Crippen molar-refractivity contribution in [2.75, 3.05) is 14.2 Å². The van der Waals surface area contributed by atoms with Crippen molar-refractivity contribution in [3.63, 3.8) is 0 Å². The van der Waals surface area contributed by atoms with Crippen molar-refractivity contribution in [3.8, 4) is 0 Å². The van der Waals surface area contributed by atoms with E-state index in [1.807, 2.05) is 0 Å². The second kappa shape index (κ2) is 4.83. The standard InChI is InChI=1S/C7H18N2O3S/c1-5(8)7(11-3)6(2)13(9,10)12-4/h6-7,10H,1,8-9H2,2-4H3. The molecule has 0 aromatic heterocycles. The summed E-state index contributed by atoms with van der Waals surface area (Å²) in [6.45, 7) is 5.24. The van der Waals surface area contributed by atoms with Crippen molar-refractivity contribution in [1.29, 1.82) is 0 Å². The van der Waals surface area contributed by atoms with E-state index in [9.17, 15) is 4.55 Å². The lowest BCUT2D eigenvalue weighted by Gasteiger charge is -2.40. The molecule has 80 valence electrons. The minimum absolute atomic E-state index is 0.323. The van der Waals surface area contributed by atoms with Gasteiger partial charge in [-0.2, -0.15) is 0 Å². The van der Waals surface area contributed by atoms with Gasteiger partial charge in [-0.1, -0.05) is 6.58 Å². The lowest BCUT2D eigenvalue weighted by molar-refractivity contribution is 0.126. The van der Waals surface area contributed by atoms with Crippen LogP contribution in [0.15, 0.2) is 12.3 Å². The van der Waals surface area contributed by atoms with Gasteiger partial charge in [-0.15, -0.1) is 10.8 Å². The van der Waals surface area contributed by atoms with Crippen molar-refractivity contribution in [2.45, 2.75) is 18.3 Å². The molecule has 3 unspecified atom stereocenters. The van der Waals surface area contributed by atoms with Crippen LogP contribution in [0.25, 0.3) is 0 Å². The molecule has 5 N–H and O–H groups in total. The summed E-state index contributed by atoms with van der Waals surface area (Å²) < 4.78 is 19.4. The maximum absolute atomic E-state index is 9.60. The Labute approximate surface area is 80.6 Å². The van der Waals surface area contributed by atoms with Gasteiger partial charge in [0.05, 0.1) is 12.4 Å². The quantitative estimate of drug-likeness (QED) is 0.617. The van der Waals surface area contributed by atoms with E-state index in [1.54, 1.807) is 6.92 Å². The first-order chi connectivity index (χ1) is 5.86. The fourth-order valence-corrected chi connectivity index (χ4v) is 1.92. The summed E-state index contributed by atoms with van der Waals surface area (Å²) in [7, 11) is 0.201. The Morgan fingerprint density at radius 1 is 1.54 bits per heavy atom. The highest BCUT2D eigenvalue weighted by Gasteiger charge is 2.29. The number of rotatable bonds is 5. The predicted molar refractivity (Wildman–Crippen MR) is 55.0 cm³/mol. The van der Waals surface area contributed by atoms with Gasteiger partial charge in [0.2, 0.25) is 0 Å². The largest absolute Gasteiger partial charge is 0.400 e. The molecule has 0 aliphatic rings. The van der Waals surface area contributed by atoms with Gasteiger partial charge in [0.25, 0.3) is 0 Å². The molecule has 0 rings (SSSR count). The number of ether oxygens (including phenoxy) is 1. The normalized spacial score (nSPS) is 22.8. The summed E-state index contributed by atoms with van der Waals surface area (Å²) in [4.78, 5) is 0. The summed E-state index contributed by atoms with van der Waals surface area (Å²) in [6, 6.07) is 0. The highest BCUT2D eigenvalue weighted by Crippen LogP contribution is 2.43. The van der Waals surface area contributed by atoms with Gasteiger partial charge in [0.15, 0.2) is 0 Å². The molecular weight excluding hydrogens is 192 g/mol. The predicted octanol–water partition coefficient (Wildman–Crippen LogP) is 0.575. The van der Waals surface area contributed by atoms with Crippen LogP contribution in [0.5, 0.6) is 0 Å². The molecule has 0 aliphatic carbocycles. The first-order valence-corrected chi connectivity index (χ1v) is 5.36. The third-order valence-electron chi connectivity index (χ3n) is 1.85. The molecule has 6 heteroatoms. The summed E-state index contributed by atoms with van der Waals surface area (Å²) >= 11 is 0. The lowest BCUT2D eigenvalue weighted by Crippen LogP contribution is -2.38. The fraction of sp³-hybridized carbons (Fsp3) is 0.714. The Hall–Kier alpha value is -0.270. The summed E-state index contributed by atoms with van der Waals surface area (Å²) in [5, 5.41) is 5.10. The molecule has 0 aromatic carbocycles. The average Bonchev–Trinajstić information content (AvgIpc) is 2.05. The van der Waals surface area contributed by atoms with Gasteiger partial charge in [0.1, 0.15) is 6.10 Å². The zero-order valence-electron chi connectivity index (χ0n) is 8.19. The zero-order valence-corrected chi connectivity index (χ0v) is 9.00. The van der Waals surface area contributed by atoms with Gasteiger partial charge in [-0.05, 0) is 6.92 Å². The maximum Gasteiger partial charge on any atom is 0.117 e. The minimum atomic E-state index is -2.62. The highest BCUT2D eigenvalue weighted by molar-refractivity contribution is 8.23. The van der Waals surface area contributed by atoms with Gasteiger partial charge in [0, 0.05) is 12.8 Å². The lowest BCUT2D eigenvalue weighted by atomic mass is 10.2. The van der Waals surface area contributed by atoms with Gasteiger partial charge < -0.3 is 10.5 Å². The Bertz CT molecular complexity index is 187. The topological polar surface area (TPSA) is 90.7 Å². The average molecular weight is 210 g/mol. The summed E-state index contributed by atoms with van der Waals surface area (Å²) in [5.41, 5.74) is 5.79.